The number of aliphatic imine (C=N–C) groups is 1. The third kappa shape index (κ3) is 4.72. The van der Waals surface area contributed by atoms with E-state index >= 15 is 0 Å². The van der Waals surface area contributed by atoms with Crippen LogP contribution >= 0.6 is 11.6 Å². The number of hydrogen-bond acceptors (Lipinski definition) is 4. The van der Waals surface area contributed by atoms with Crippen molar-refractivity contribution < 1.29 is 19.4 Å². The zero-order valence-electron chi connectivity index (χ0n) is 12.7. The van der Waals surface area contributed by atoms with Crippen molar-refractivity contribution in [1.29, 1.82) is 0 Å². The van der Waals surface area contributed by atoms with E-state index in [1.165, 1.54) is 6.92 Å². The summed E-state index contributed by atoms with van der Waals surface area (Å²) in [6.07, 6.45) is 0.767. The molecule has 0 fully saturated rings. The van der Waals surface area contributed by atoms with Crippen molar-refractivity contribution in [2.75, 3.05) is 7.11 Å². The lowest BCUT2D eigenvalue weighted by molar-refractivity contribution is -0.144. The van der Waals surface area contributed by atoms with E-state index in [-0.39, 0.29) is 0 Å². The van der Waals surface area contributed by atoms with Crippen molar-refractivity contribution in [3.8, 4) is 11.5 Å². The van der Waals surface area contributed by atoms with E-state index in [0.29, 0.717) is 22.2 Å². The quantitative estimate of drug-likeness (QED) is 0.813. The summed E-state index contributed by atoms with van der Waals surface area (Å²) in [7, 11) is 1.57. The molecule has 0 radical (unpaired) electrons. The van der Waals surface area contributed by atoms with Crippen LogP contribution < -0.4 is 9.47 Å². The largest absolute Gasteiger partial charge is 0.494 e. The standard InChI is InChI=1S/C17H16ClNO4/c1-11(17(20)21)23-14-6-3-12(4-7-14)10-19-15-9-13(18)5-8-16(15)22-2/h3-11H,1-2H3,(H,20,21)/t11-/m0/s1. The summed E-state index contributed by atoms with van der Waals surface area (Å²) in [6, 6.07) is 12.1. The molecule has 120 valence electrons. The number of benzene rings is 2. The van der Waals surface area contributed by atoms with E-state index in [2.05, 4.69) is 4.99 Å². The third-order valence-electron chi connectivity index (χ3n) is 3.03. The minimum absolute atomic E-state index is 0.484. The Hall–Kier alpha value is -2.53. The van der Waals surface area contributed by atoms with Crippen molar-refractivity contribution in [3.05, 3.63) is 53.1 Å². The van der Waals surface area contributed by atoms with E-state index in [0.717, 1.165) is 5.56 Å². The minimum Gasteiger partial charge on any atom is -0.494 e. The second kappa shape index (κ2) is 7.65. The van der Waals surface area contributed by atoms with Crippen LogP contribution in [0.5, 0.6) is 11.5 Å². The molecule has 0 spiro atoms. The number of rotatable bonds is 6. The number of ether oxygens (including phenoxy) is 2. The summed E-state index contributed by atoms with van der Waals surface area (Å²) in [5.41, 5.74) is 1.46. The Kier molecular flexibility index (Phi) is 5.60. The Morgan fingerprint density at radius 1 is 1.26 bits per heavy atom. The number of carboxylic acids is 1. The molecule has 2 rings (SSSR count). The zero-order valence-corrected chi connectivity index (χ0v) is 13.4. The molecule has 23 heavy (non-hydrogen) atoms. The lowest BCUT2D eigenvalue weighted by Gasteiger charge is -2.10. The van der Waals surface area contributed by atoms with Gasteiger partial charge in [-0.1, -0.05) is 11.6 Å². The van der Waals surface area contributed by atoms with Crippen molar-refractivity contribution in [2.45, 2.75) is 13.0 Å². The van der Waals surface area contributed by atoms with Gasteiger partial charge < -0.3 is 14.6 Å². The smallest absolute Gasteiger partial charge is 0.344 e. The first-order valence-corrected chi connectivity index (χ1v) is 7.24. The Balaban J connectivity index is 2.12. The van der Waals surface area contributed by atoms with Crippen LogP contribution in [0.3, 0.4) is 0 Å². The molecule has 2 aromatic rings. The molecule has 0 amide bonds. The SMILES string of the molecule is COc1ccc(Cl)cc1N=Cc1ccc(O[C@@H](C)C(=O)O)cc1. The molecule has 1 atom stereocenters. The third-order valence-corrected chi connectivity index (χ3v) is 3.27. The van der Waals surface area contributed by atoms with Gasteiger partial charge in [-0.2, -0.15) is 0 Å². The van der Waals surface area contributed by atoms with Gasteiger partial charge in [-0.25, -0.2) is 4.79 Å². The van der Waals surface area contributed by atoms with Gasteiger partial charge in [0, 0.05) is 11.2 Å². The van der Waals surface area contributed by atoms with E-state index in [1.54, 1.807) is 55.8 Å². The van der Waals surface area contributed by atoms with Gasteiger partial charge in [0.2, 0.25) is 0 Å². The number of nitrogens with zero attached hydrogens (tertiary/aromatic N) is 1. The molecule has 0 saturated carbocycles. The Morgan fingerprint density at radius 2 is 1.96 bits per heavy atom. The first-order valence-electron chi connectivity index (χ1n) is 6.86. The summed E-state index contributed by atoms with van der Waals surface area (Å²) < 4.78 is 10.5. The molecule has 0 aliphatic heterocycles. The molecule has 2 aromatic carbocycles. The van der Waals surface area contributed by atoms with Crippen molar-refractivity contribution in [1.82, 2.24) is 0 Å². The van der Waals surface area contributed by atoms with E-state index < -0.39 is 12.1 Å². The Morgan fingerprint density at radius 3 is 2.57 bits per heavy atom. The summed E-state index contributed by atoms with van der Waals surface area (Å²) in [5.74, 6) is 0.0990. The number of methoxy groups -OCH3 is 1. The molecule has 0 saturated heterocycles. The predicted molar refractivity (Wildman–Crippen MR) is 89.4 cm³/mol. The van der Waals surface area contributed by atoms with Crippen molar-refractivity contribution in [3.63, 3.8) is 0 Å². The van der Waals surface area contributed by atoms with Gasteiger partial charge >= 0.3 is 5.97 Å². The van der Waals surface area contributed by atoms with Crippen molar-refractivity contribution >= 4 is 29.5 Å². The normalized spacial score (nSPS) is 12.1. The van der Waals surface area contributed by atoms with Crippen LogP contribution in [0.1, 0.15) is 12.5 Å². The summed E-state index contributed by atoms with van der Waals surface area (Å²) >= 11 is 5.96. The molecule has 0 aromatic heterocycles. The van der Waals surface area contributed by atoms with E-state index in [4.69, 9.17) is 26.2 Å². The van der Waals surface area contributed by atoms with Crippen LogP contribution in [0.2, 0.25) is 5.02 Å². The molecule has 1 N–H and O–H groups in total. The zero-order chi connectivity index (χ0) is 16.8. The fraction of sp³-hybridized carbons (Fsp3) is 0.176. The highest BCUT2D eigenvalue weighted by atomic mass is 35.5. The van der Waals surface area contributed by atoms with Crippen LogP contribution in [0.25, 0.3) is 0 Å². The summed E-state index contributed by atoms with van der Waals surface area (Å²) in [4.78, 5) is 15.1. The van der Waals surface area contributed by atoms with Crippen LogP contribution in [0.4, 0.5) is 5.69 Å². The average Bonchev–Trinajstić information content (AvgIpc) is 2.54. The maximum Gasteiger partial charge on any atom is 0.344 e. The maximum absolute atomic E-state index is 10.7. The lowest BCUT2D eigenvalue weighted by Crippen LogP contribution is -2.22. The number of carbonyl (C=O) groups is 1. The Bertz CT molecular complexity index is 713. The second-order valence-electron chi connectivity index (χ2n) is 4.74. The molecule has 0 aliphatic rings. The highest BCUT2D eigenvalue weighted by molar-refractivity contribution is 6.30. The van der Waals surface area contributed by atoms with Gasteiger partial charge in [0.05, 0.1) is 7.11 Å². The molecule has 0 unspecified atom stereocenters. The molecule has 0 aliphatic carbocycles. The number of halogens is 1. The fourth-order valence-corrected chi connectivity index (χ4v) is 1.96. The van der Waals surface area contributed by atoms with E-state index in [9.17, 15) is 4.79 Å². The van der Waals surface area contributed by atoms with Gasteiger partial charge in [-0.3, -0.25) is 4.99 Å². The van der Waals surface area contributed by atoms with Crippen molar-refractivity contribution in [2.24, 2.45) is 4.99 Å². The topological polar surface area (TPSA) is 68.1 Å². The van der Waals surface area contributed by atoms with Gasteiger partial charge in [-0.05, 0) is 55.0 Å². The van der Waals surface area contributed by atoms with Gasteiger partial charge in [-0.15, -0.1) is 0 Å². The fourth-order valence-electron chi connectivity index (χ4n) is 1.80. The predicted octanol–water partition coefficient (Wildman–Crippen LogP) is 3.95. The van der Waals surface area contributed by atoms with Gasteiger partial charge in [0.25, 0.3) is 0 Å². The maximum atomic E-state index is 10.7. The molecular weight excluding hydrogens is 318 g/mol. The highest BCUT2D eigenvalue weighted by Gasteiger charge is 2.11. The first kappa shape index (κ1) is 16.8. The second-order valence-corrected chi connectivity index (χ2v) is 5.18. The average molecular weight is 334 g/mol. The first-order chi connectivity index (χ1) is 11.0. The van der Waals surface area contributed by atoms with Crippen LogP contribution in [0.15, 0.2) is 47.5 Å². The number of hydrogen-bond donors (Lipinski definition) is 1. The summed E-state index contributed by atoms with van der Waals surface area (Å²) in [5, 5.41) is 9.38. The molecule has 0 bridgehead atoms. The molecule has 6 heteroatoms. The minimum atomic E-state index is -1.01. The number of carboxylic acid groups (broad SMARTS) is 1. The molecular formula is C17H16ClNO4. The van der Waals surface area contributed by atoms with Crippen LogP contribution in [-0.4, -0.2) is 30.5 Å². The molecule has 5 nitrogen and oxygen atoms in total. The lowest BCUT2D eigenvalue weighted by atomic mass is 10.2. The van der Waals surface area contributed by atoms with Gasteiger partial charge in [0.15, 0.2) is 6.10 Å². The van der Waals surface area contributed by atoms with Crippen LogP contribution in [0, 0.1) is 0 Å². The highest BCUT2D eigenvalue weighted by Crippen LogP contribution is 2.30. The van der Waals surface area contributed by atoms with Gasteiger partial charge in [0.1, 0.15) is 17.2 Å². The van der Waals surface area contributed by atoms with E-state index in [1.807, 2.05) is 0 Å². The van der Waals surface area contributed by atoms with Crippen LogP contribution in [-0.2, 0) is 4.79 Å². The monoisotopic (exact) mass is 333 g/mol. The molecule has 0 heterocycles. The Labute approximate surface area is 139 Å². The number of aliphatic carboxylic acids is 1. The summed E-state index contributed by atoms with van der Waals surface area (Å²) in [6.45, 7) is 1.48.